The standard InChI is InChI=1S/C11H16N2O5S/c1-4(14)7-6-3-5(11(18-2)19-12)8(10(16)17)13(6)9(7)15/h4,6-7,11,14H,3,12H2,1-2H3,(H,16,17). The van der Waals surface area contributed by atoms with Crippen molar-refractivity contribution < 1.29 is 24.5 Å². The van der Waals surface area contributed by atoms with E-state index in [1.54, 1.807) is 0 Å². The fourth-order valence-electron chi connectivity index (χ4n) is 2.79. The lowest BCUT2D eigenvalue weighted by molar-refractivity contribution is -0.161. The minimum absolute atomic E-state index is 0.0586. The minimum Gasteiger partial charge on any atom is -0.477 e. The van der Waals surface area contributed by atoms with Gasteiger partial charge in [0.05, 0.1) is 18.1 Å². The van der Waals surface area contributed by atoms with Gasteiger partial charge in [0.15, 0.2) is 0 Å². The molecule has 2 heterocycles. The van der Waals surface area contributed by atoms with Crippen LogP contribution in [-0.4, -0.2) is 51.7 Å². The molecule has 1 fully saturated rings. The molecule has 7 nitrogen and oxygen atoms in total. The number of nitrogens with two attached hydrogens (primary N) is 1. The van der Waals surface area contributed by atoms with Gasteiger partial charge in [0.2, 0.25) is 5.91 Å². The first-order valence-electron chi connectivity index (χ1n) is 5.79. The summed E-state index contributed by atoms with van der Waals surface area (Å²) in [7, 11) is 1.43. The number of carbonyl (C=O) groups excluding carboxylic acids is 1. The Hall–Kier alpha value is -1.09. The number of amides is 1. The van der Waals surface area contributed by atoms with Gasteiger partial charge >= 0.3 is 5.97 Å². The van der Waals surface area contributed by atoms with Crippen molar-refractivity contribution in [3.63, 3.8) is 0 Å². The van der Waals surface area contributed by atoms with Crippen LogP contribution in [0.2, 0.25) is 0 Å². The van der Waals surface area contributed by atoms with Gasteiger partial charge in [0, 0.05) is 12.7 Å². The number of carbonyl (C=O) groups is 2. The third-order valence-electron chi connectivity index (χ3n) is 3.59. The maximum Gasteiger partial charge on any atom is 0.352 e. The highest BCUT2D eigenvalue weighted by atomic mass is 32.2. The van der Waals surface area contributed by atoms with Crippen molar-refractivity contribution in [2.75, 3.05) is 7.11 Å². The normalized spacial score (nSPS) is 29.1. The van der Waals surface area contributed by atoms with Gasteiger partial charge in [-0.25, -0.2) is 4.79 Å². The highest BCUT2D eigenvalue weighted by Gasteiger charge is 2.57. The third-order valence-corrected chi connectivity index (χ3v) is 4.31. The van der Waals surface area contributed by atoms with Crippen LogP contribution >= 0.6 is 11.9 Å². The molecule has 4 N–H and O–H groups in total. The van der Waals surface area contributed by atoms with E-state index >= 15 is 0 Å². The van der Waals surface area contributed by atoms with Gasteiger partial charge in [0.1, 0.15) is 11.1 Å². The molecule has 1 amide bonds. The maximum atomic E-state index is 11.9. The summed E-state index contributed by atoms with van der Waals surface area (Å²) < 4.78 is 5.14. The smallest absolute Gasteiger partial charge is 0.352 e. The Morgan fingerprint density at radius 2 is 2.26 bits per heavy atom. The van der Waals surface area contributed by atoms with E-state index in [2.05, 4.69) is 0 Å². The van der Waals surface area contributed by atoms with Gasteiger partial charge in [-0.15, -0.1) is 0 Å². The summed E-state index contributed by atoms with van der Waals surface area (Å²) >= 11 is 0.887. The van der Waals surface area contributed by atoms with Crippen LogP contribution in [0.3, 0.4) is 0 Å². The number of ether oxygens (including phenoxy) is 1. The fraction of sp³-hybridized carbons (Fsp3) is 0.636. The summed E-state index contributed by atoms with van der Waals surface area (Å²) in [5, 5.41) is 24.3. The number of aliphatic hydroxyl groups is 1. The average Bonchev–Trinajstić information content (AvgIpc) is 2.66. The largest absolute Gasteiger partial charge is 0.477 e. The molecular weight excluding hydrogens is 272 g/mol. The van der Waals surface area contributed by atoms with Crippen molar-refractivity contribution in [1.29, 1.82) is 0 Å². The maximum absolute atomic E-state index is 11.9. The van der Waals surface area contributed by atoms with Crippen molar-refractivity contribution in [2.24, 2.45) is 11.1 Å². The number of carboxylic acid groups (broad SMARTS) is 1. The quantitative estimate of drug-likeness (QED) is 0.355. The van der Waals surface area contributed by atoms with Crippen LogP contribution in [-0.2, 0) is 14.3 Å². The summed E-state index contributed by atoms with van der Waals surface area (Å²) in [6.45, 7) is 1.53. The van der Waals surface area contributed by atoms with E-state index in [0.29, 0.717) is 12.0 Å². The first kappa shape index (κ1) is 14.3. The zero-order valence-corrected chi connectivity index (χ0v) is 11.4. The van der Waals surface area contributed by atoms with Gasteiger partial charge in [-0.1, -0.05) is 0 Å². The number of aliphatic hydroxyl groups excluding tert-OH is 1. The van der Waals surface area contributed by atoms with Crippen molar-refractivity contribution in [3.05, 3.63) is 11.3 Å². The van der Waals surface area contributed by atoms with Crippen LogP contribution in [0, 0.1) is 5.92 Å². The molecule has 0 spiro atoms. The number of carboxylic acids is 1. The van der Waals surface area contributed by atoms with Gasteiger partial charge in [-0.3, -0.25) is 9.93 Å². The van der Waals surface area contributed by atoms with Crippen LogP contribution in [0.5, 0.6) is 0 Å². The van der Waals surface area contributed by atoms with Gasteiger partial charge in [-0.05, 0) is 25.3 Å². The molecular formula is C11H16N2O5S. The Bertz CT molecular complexity index is 446. The number of hydrogen-bond acceptors (Lipinski definition) is 6. The molecule has 4 atom stereocenters. The first-order chi connectivity index (χ1) is 8.93. The fourth-order valence-corrected chi connectivity index (χ4v) is 3.28. The second kappa shape index (κ2) is 5.12. The van der Waals surface area contributed by atoms with Crippen LogP contribution in [0.1, 0.15) is 13.3 Å². The van der Waals surface area contributed by atoms with Crippen molar-refractivity contribution >= 4 is 23.8 Å². The molecule has 0 radical (unpaired) electrons. The number of methoxy groups -OCH3 is 1. The second-order valence-electron chi connectivity index (χ2n) is 4.63. The Kier molecular flexibility index (Phi) is 3.86. The SMILES string of the molecule is COC(SN)C1=C(C(=O)O)N2C(=O)C(C(C)O)C2C1. The lowest BCUT2D eigenvalue weighted by atomic mass is 9.83. The molecule has 0 aromatic heterocycles. The topological polar surface area (TPSA) is 113 Å². The third kappa shape index (κ3) is 2.04. The number of aliphatic carboxylic acids is 1. The van der Waals surface area contributed by atoms with Gasteiger partial charge in [-0.2, -0.15) is 0 Å². The molecule has 0 bridgehead atoms. The molecule has 4 unspecified atom stereocenters. The van der Waals surface area contributed by atoms with E-state index in [-0.39, 0.29) is 17.6 Å². The van der Waals surface area contributed by atoms with Crippen LogP contribution in [0.4, 0.5) is 0 Å². The molecule has 0 aromatic rings. The average molecular weight is 288 g/mol. The number of nitrogens with zero attached hydrogens (tertiary/aromatic N) is 1. The summed E-state index contributed by atoms with van der Waals surface area (Å²) in [6, 6.07) is -0.307. The second-order valence-corrected chi connectivity index (χ2v) is 5.33. The lowest BCUT2D eigenvalue weighted by Crippen LogP contribution is -2.61. The molecule has 106 valence electrons. The van der Waals surface area contributed by atoms with Crippen molar-refractivity contribution in [1.82, 2.24) is 4.90 Å². The van der Waals surface area contributed by atoms with Crippen LogP contribution < -0.4 is 5.14 Å². The van der Waals surface area contributed by atoms with Crippen molar-refractivity contribution in [2.45, 2.75) is 30.9 Å². The summed E-state index contributed by atoms with van der Waals surface area (Å²) in [6.07, 6.45) is -0.430. The predicted octanol–water partition coefficient (Wildman–Crippen LogP) is -0.484. The monoisotopic (exact) mass is 288 g/mol. The predicted molar refractivity (Wildman–Crippen MR) is 67.7 cm³/mol. The number of hydrogen-bond donors (Lipinski definition) is 3. The molecule has 19 heavy (non-hydrogen) atoms. The van der Waals surface area contributed by atoms with Crippen molar-refractivity contribution in [3.8, 4) is 0 Å². The van der Waals surface area contributed by atoms with E-state index < -0.39 is 23.4 Å². The molecule has 2 rings (SSSR count). The molecule has 2 aliphatic heterocycles. The molecule has 2 aliphatic rings. The van der Waals surface area contributed by atoms with E-state index in [0.717, 1.165) is 11.9 Å². The van der Waals surface area contributed by atoms with Gasteiger partial charge in [0.25, 0.3) is 0 Å². The highest BCUT2D eigenvalue weighted by Crippen LogP contribution is 2.45. The van der Waals surface area contributed by atoms with E-state index in [1.165, 1.54) is 18.9 Å². The summed E-state index contributed by atoms with van der Waals surface area (Å²) in [4.78, 5) is 24.5. The van der Waals surface area contributed by atoms with Crippen LogP contribution in [0.25, 0.3) is 0 Å². The Morgan fingerprint density at radius 3 is 2.68 bits per heavy atom. The van der Waals surface area contributed by atoms with Gasteiger partial charge < -0.3 is 19.8 Å². The molecule has 1 saturated heterocycles. The molecule has 0 aliphatic carbocycles. The number of rotatable bonds is 5. The van der Waals surface area contributed by atoms with E-state index in [9.17, 15) is 19.8 Å². The minimum atomic E-state index is -1.18. The number of β-lactam (4-membered cyclic amide) rings is 1. The summed E-state index contributed by atoms with van der Waals surface area (Å²) in [5.74, 6) is -2.08. The zero-order valence-electron chi connectivity index (χ0n) is 10.6. The molecule has 8 heteroatoms. The lowest BCUT2D eigenvalue weighted by Gasteiger charge is -2.44. The Labute approximate surface area is 114 Å². The van der Waals surface area contributed by atoms with E-state index in [1.807, 2.05) is 0 Å². The Morgan fingerprint density at radius 1 is 1.63 bits per heavy atom. The zero-order chi connectivity index (χ0) is 14.3. The van der Waals surface area contributed by atoms with E-state index in [4.69, 9.17) is 9.88 Å². The summed E-state index contributed by atoms with van der Waals surface area (Å²) in [5.41, 5.74) is -0.167. The van der Waals surface area contributed by atoms with Crippen LogP contribution in [0.15, 0.2) is 11.3 Å². The molecule has 0 saturated carbocycles. The molecule has 0 aromatic carbocycles. The highest BCUT2D eigenvalue weighted by molar-refractivity contribution is 7.97. The Balaban J connectivity index is 2.34. The first-order valence-corrected chi connectivity index (χ1v) is 6.74. The number of fused-ring (bicyclic) bond motifs is 1.